The Labute approximate surface area is 157 Å². The van der Waals surface area contributed by atoms with Gasteiger partial charge in [0.15, 0.2) is 0 Å². The van der Waals surface area contributed by atoms with E-state index >= 15 is 0 Å². The van der Waals surface area contributed by atoms with Gasteiger partial charge in [0, 0.05) is 18.8 Å². The van der Waals surface area contributed by atoms with E-state index < -0.39 is 6.04 Å². The van der Waals surface area contributed by atoms with E-state index in [9.17, 15) is 4.79 Å². The molecule has 1 fully saturated rings. The van der Waals surface area contributed by atoms with Crippen LogP contribution in [0.25, 0.3) is 10.6 Å². The molecule has 3 rings (SSSR count). The van der Waals surface area contributed by atoms with Crippen LogP contribution in [-0.4, -0.2) is 35.4 Å². The maximum Gasteiger partial charge on any atom is 0.243 e. The number of carbonyl (C=O) groups is 1. The van der Waals surface area contributed by atoms with E-state index in [4.69, 9.17) is 10.5 Å². The number of nitrogens with zero attached hydrogens (tertiary/aromatic N) is 2. The van der Waals surface area contributed by atoms with Crippen LogP contribution in [0.15, 0.2) is 18.2 Å². The Morgan fingerprint density at radius 1 is 1.32 bits per heavy atom. The Bertz CT molecular complexity index is 731. The lowest BCUT2D eigenvalue weighted by Gasteiger charge is -2.26. The Morgan fingerprint density at radius 2 is 2.04 bits per heavy atom. The summed E-state index contributed by atoms with van der Waals surface area (Å²) in [6, 6.07) is 5.64. The Hall–Kier alpha value is -1.54. The highest BCUT2D eigenvalue weighted by Crippen LogP contribution is 2.29. The molecule has 1 aromatic carbocycles. The normalized spacial score (nSPS) is 16.1. The molecule has 1 aromatic heterocycles. The van der Waals surface area contributed by atoms with Crippen molar-refractivity contribution < 1.29 is 9.53 Å². The number of rotatable bonds is 4. The minimum Gasteiger partial charge on any atom is -0.381 e. The lowest BCUT2D eigenvalue weighted by molar-refractivity contribution is -0.119. The highest BCUT2D eigenvalue weighted by molar-refractivity contribution is 7.18. The summed E-state index contributed by atoms with van der Waals surface area (Å²) < 4.78 is 5.31. The molecule has 1 unspecified atom stereocenters. The highest BCUT2D eigenvalue weighted by atomic mass is 35.5. The van der Waals surface area contributed by atoms with Gasteiger partial charge >= 0.3 is 0 Å². The number of aromatic nitrogens is 2. The Kier molecular flexibility index (Phi) is 6.89. The Balaban J connectivity index is 0.00000225. The summed E-state index contributed by atoms with van der Waals surface area (Å²) in [6.07, 6.45) is 1.64. The number of aryl methyl sites for hydroxylation is 2. The molecule has 1 saturated heterocycles. The topological polar surface area (TPSA) is 90.1 Å². The fourth-order valence-corrected chi connectivity index (χ4v) is 3.75. The van der Waals surface area contributed by atoms with Crippen molar-refractivity contribution in [1.82, 2.24) is 10.2 Å². The summed E-state index contributed by atoms with van der Waals surface area (Å²) in [6.45, 7) is 5.44. The first-order chi connectivity index (χ1) is 11.5. The zero-order valence-electron chi connectivity index (χ0n) is 14.3. The predicted molar refractivity (Wildman–Crippen MR) is 102 cm³/mol. The molecule has 8 heteroatoms. The van der Waals surface area contributed by atoms with Gasteiger partial charge in [-0.15, -0.1) is 22.6 Å². The molecule has 1 aliphatic heterocycles. The number of nitrogens with two attached hydrogens (primary N) is 1. The van der Waals surface area contributed by atoms with Crippen molar-refractivity contribution in [2.75, 3.05) is 18.5 Å². The summed E-state index contributed by atoms with van der Waals surface area (Å²) in [5, 5.41) is 12.4. The van der Waals surface area contributed by atoms with Crippen LogP contribution in [0.1, 0.15) is 24.0 Å². The zero-order valence-corrected chi connectivity index (χ0v) is 16.0. The van der Waals surface area contributed by atoms with Crippen LogP contribution in [0.4, 0.5) is 5.13 Å². The number of hydrogen-bond donors (Lipinski definition) is 2. The molecular formula is C17H23ClN4O2S. The van der Waals surface area contributed by atoms with Crippen molar-refractivity contribution in [2.45, 2.75) is 32.7 Å². The van der Waals surface area contributed by atoms with E-state index in [2.05, 4.69) is 28.5 Å². The Morgan fingerprint density at radius 3 is 2.72 bits per heavy atom. The minimum atomic E-state index is -0.539. The SMILES string of the molecule is Cc1ccc(-c2nnc(NC(=O)C(N)C3CCOCC3)s2)c(C)c1.Cl. The molecule has 1 aliphatic rings. The molecule has 0 bridgehead atoms. The number of ether oxygens (including phenoxy) is 1. The van der Waals surface area contributed by atoms with Crippen molar-refractivity contribution in [2.24, 2.45) is 11.7 Å². The standard InChI is InChI=1S/C17H22N4O2S.ClH/c1-10-3-4-13(11(2)9-10)16-20-21-17(24-16)19-15(22)14(18)12-5-7-23-8-6-12;/h3-4,9,12,14H,5-8,18H2,1-2H3,(H,19,21,22);1H. The van der Waals surface area contributed by atoms with Gasteiger partial charge in [0.2, 0.25) is 11.0 Å². The van der Waals surface area contributed by atoms with E-state index in [0.717, 1.165) is 29.0 Å². The van der Waals surface area contributed by atoms with Crippen molar-refractivity contribution in [3.63, 3.8) is 0 Å². The van der Waals surface area contributed by atoms with Crippen LogP contribution < -0.4 is 11.1 Å². The number of benzene rings is 1. The van der Waals surface area contributed by atoms with Gasteiger partial charge in [-0.05, 0) is 38.2 Å². The van der Waals surface area contributed by atoms with Crippen LogP contribution in [0, 0.1) is 19.8 Å². The third-order valence-corrected chi connectivity index (χ3v) is 5.22. The van der Waals surface area contributed by atoms with Crippen molar-refractivity contribution in [3.05, 3.63) is 29.3 Å². The predicted octanol–water partition coefficient (Wildman–Crippen LogP) is 2.94. The lowest BCUT2D eigenvalue weighted by atomic mass is 9.92. The number of hydrogen-bond acceptors (Lipinski definition) is 6. The van der Waals surface area contributed by atoms with Gasteiger partial charge in [0.25, 0.3) is 0 Å². The molecule has 2 aromatic rings. The second-order valence-corrected chi connectivity index (χ2v) is 7.17. The van der Waals surface area contributed by atoms with Gasteiger partial charge in [0.1, 0.15) is 5.01 Å². The summed E-state index contributed by atoms with van der Waals surface area (Å²) in [5.74, 6) is -0.0456. The molecule has 0 aliphatic carbocycles. The lowest BCUT2D eigenvalue weighted by Crippen LogP contribution is -2.43. The summed E-state index contributed by atoms with van der Waals surface area (Å²) in [5.41, 5.74) is 9.47. The number of halogens is 1. The van der Waals surface area contributed by atoms with E-state index in [1.165, 1.54) is 16.9 Å². The van der Waals surface area contributed by atoms with Crippen LogP contribution in [-0.2, 0) is 9.53 Å². The van der Waals surface area contributed by atoms with Gasteiger partial charge in [-0.2, -0.15) is 0 Å². The van der Waals surface area contributed by atoms with Gasteiger partial charge in [0.05, 0.1) is 6.04 Å². The first kappa shape index (κ1) is 19.8. The maximum absolute atomic E-state index is 12.3. The monoisotopic (exact) mass is 382 g/mol. The first-order valence-corrected chi connectivity index (χ1v) is 8.91. The second kappa shape index (κ2) is 8.71. The molecule has 0 spiro atoms. The quantitative estimate of drug-likeness (QED) is 0.848. The van der Waals surface area contributed by atoms with Crippen LogP contribution in [0.3, 0.4) is 0 Å². The summed E-state index contributed by atoms with van der Waals surface area (Å²) in [4.78, 5) is 12.3. The van der Waals surface area contributed by atoms with Gasteiger partial charge in [-0.25, -0.2) is 0 Å². The highest BCUT2D eigenvalue weighted by Gasteiger charge is 2.27. The third-order valence-electron chi connectivity index (χ3n) is 4.34. The smallest absolute Gasteiger partial charge is 0.243 e. The van der Waals surface area contributed by atoms with Crippen LogP contribution in [0.5, 0.6) is 0 Å². The van der Waals surface area contributed by atoms with E-state index in [0.29, 0.717) is 18.3 Å². The van der Waals surface area contributed by atoms with Crippen molar-refractivity contribution in [3.8, 4) is 10.6 Å². The molecule has 1 atom stereocenters. The molecule has 136 valence electrons. The number of amides is 1. The molecule has 0 saturated carbocycles. The summed E-state index contributed by atoms with van der Waals surface area (Å²) >= 11 is 1.36. The van der Waals surface area contributed by atoms with Crippen LogP contribution >= 0.6 is 23.7 Å². The molecule has 0 radical (unpaired) electrons. The largest absolute Gasteiger partial charge is 0.381 e. The fraction of sp³-hybridized carbons (Fsp3) is 0.471. The van der Waals surface area contributed by atoms with E-state index in [1.807, 2.05) is 19.1 Å². The molecular weight excluding hydrogens is 360 g/mol. The van der Waals surface area contributed by atoms with Gasteiger partial charge in [-0.3, -0.25) is 10.1 Å². The first-order valence-electron chi connectivity index (χ1n) is 8.10. The van der Waals surface area contributed by atoms with Gasteiger partial charge < -0.3 is 10.5 Å². The van der Waals surface area contributed by atoms with Gasteiger partial charge in [-0.1, -0.05) is 35.1 Å². The molecule has 6 nitrogen and oxygen atoms in total. The average molecular weight is 383 g/mol. The molecule has 2 heterocycles. The number of carbonyl (C=O) groups excluding carboxylic acids is 1. The maximum atomic E-state index is 12.3. The third kappa shape index (κ3) is 4.76. The van der Waals surface area contributed by atoms with Crippen molar-refractivity contribution in [1.29, 1.82) is 0 Å². The number of nitrogens with one attached hydrogen (secondary N) is 1. The zero-order chi connectivity index (χ0) is 17.1. The average Bonchev–Trinajstić information content (AvgIpc) is 3.03. The number of anilines is 1. The molecule has 1 amide bonds. The van der Waals surface area contributed by atoms with Crippen molar-refractivity contribution >= 4 is 34.8 Å². The molecule has 25 heavy (non-hydrogen) atoms. The van der Waals surface area contributed by atoms with E-state index in [1.54, 1.807) is 0 Å². The summed E-state index contributed by atoms with van der Waals surface area (Å²) in [7, 11) is 0. The fourth-order valence-electron chi connectivity index (χ4n) is 2.91. The molecule has 3 N–H and O–H groups in total. The van der Waals surface area contributed by atoms with Crippen LogP contribution in [0.2, 0.25) is 0 Å². The second-order valence-electron chi connectivity index (χ2n) is 6.20. The minimum absolute atomic E-state index is 0. The van der Waals surface area contributed by atoms with E-state index in [-0.39, 0.29) is 24.2 Å².